The molecule has 6 heteroatoms. The fraction of sp³-hybridized carbons (Fsp3) is 0.111. The number of rotatable bonds is 3. The molecule has 3 nitrogen and oxygen atoms in total. The lowest BCUT2D eigenvalue weighted by molar-refractivity contribution is 0.560. The molecule has 2 aromatic carbocycles. The van der Waals surface area contributed by atoms with Crippen LogP contribution in [0.25, 0.3) is 10.9 Å². The van der Waals surface area contributed by atoms with Crippen LogP contribution < -0.4 is 5.32 Å². The van der Waals surface area contributed by atoms with Crippen molar-refractivity contribution >= 4 is 28.2 Å². The Balaban J connectivity index is 2.03. The van der Waals surface area contributed by atoms with Crippen molar-refractivity contribution < 1.29 is 8.78 Å². The Morgan fingerprint density at radius 2 is 2.04 bits per heavy atom. The van der Waals surface area contributed by atoms with Crippen LogP contribution in [0.4, 0.5) is 14.5 Å². The molecule has 120 valence electrons. The van der Waals surface area contributed by atoms with Gasteiger partial charge in [-0.2, -0.15) is 5.26 Å². The summed E-state index contributed by atoms with van der Waals surface area (Å²) in [5.74, 6) is -1.45. The molecule has 0 atom stereocenters. The maximum atomic E-state index is 14.0. The topological polar surface area (TPSA) is 48.7 Å². The minimum absolute atomic E-state index is 0.0758. The van der Waals surface area contributed by atoms with Crippen molar-refractivity contribution in [2.75, 3.05) is 5.32 Å². The number of hydrogen-bond donors (Lipinski definition) is 1. The highest BCUT2D eigenvalue weighted by atomic mass is 35.5. The SMILES string of the molecule is Cc1cc(NCc2c(F)ccc(Cl)c2F)c2cccc(C#N)c2n1. The molecule has 3 rings (SSSR count). The fourth-order valence-electron chi connectivity index (χ4n) is 2.53. The Hall–Kier alpha value is -2.71. The Kier molecular flexibility index (Phi) is 4.32. The average Bonchev–Trinajstić information content (AvgIpc) is 2.57. The number of hydrogen-bond acceptors (Lipinski definition) is 3. The summed E-state index contributed by atoms with van der Waals surface area (Å²) in [6.45, 7) is 1.72. The summed E-state index contributed by atoms with van der Waals surface area (Å²) in [4.78, 5) is 4.38. The summed E-state index contributed by atoms with van der Waals surface area (Å²) >= 11 is 5.71. The molecule has 0 saturated carbocycles. The van der Waals surface area contributed by atoms with Crippen molar-refractivity contribution in [3.05, 3.63) is 69.9 Å². The summed E-state index contributed by atoms with van der Waals surface area (Å²) in [5, 5.41) is 12.8. The van der Waals surface area contributed by atoms with Crippen molar-refractivity contribution in [3.63, 3.8) is 0 Å². The Labute approximate surface area is 142 Å². The molecule has 0 aliphatic heterocycles. The quantitative estimate of drug-likeness (QED) is 0.684. The molecule has 24 heavy (non-hydrogen) atoms. The standard InChI is InChI=1S/C18H12ClF2N3/c1-10-7-16(12-4-2-3-11(8-22)18(12)24-10)23-9-13-15(20)6-5-14(19)17(13)21/h2-7H,9H2,1H3,(H,23,24). The van der Waals surface area contributed by atoms with Gasteiger partial charge in [0, 0.05) is 28.9 Å². The van der Waals surface area contributed by atoms with Gasteiger partial charge < -0.3 is 5.32 Å². The van der Waals surface area contributed by atoms with Gasteiger partial charge >= 0.3 is 0 Å². The Morgan fingerprint density at radius 3 is 2.79 bits per heavy atom. The van der Waals surface area contributed by atoms with Crippen LogP contribution in [0.5, 0.6) is 0 Å². The van der Waals surface area contributed by atoms with Crippen LogP contribution >= 0.6 is 11.6 Å². The first-order valence-electron chi connectivity index (χ1n) is 7.18. The van der Waals surface area contributed by atoms with Crippen molar-refractivity contribution in [1.29, 1.82) is 5.26 Å². The van der Waals surface area contributed by atoms with Gasteiger partial charge in [0.1, 0.15) is 17.7 Å². The maximum absolute atomic E-state index is 14.0. The van der Waals surface area contributed by atoms with Crippen molar-refractivity contribution in [3.8, 4) is 6.07 Å². The van der Waals surface area contributed by atoms with Crippen LogP contribution in [0.2, 0.25) is 5.02 Å². The zero-order valence-electron chi connectivity index (χ0n) is 12.7. The summed E-state index contributed by atoms with van der Waals surface area (Å²) in [5.41, 5.74) is 2.20. The van der Waals surface area contributed by atoms with Gasteiger partial charge in [-0.15, -0.1) is 0 Å². The second-order valence-corrected chi connectivity index (χ2v) is 5.71. The van der Waals surface area contributed by atoms with Crippen LogP contribution in [0.3, 0.4) is 0 Å². The number of fused-ring (bicyclic) bond motifs is 1. The largest absolute Gasteiger partial charge is 0.380 e. The number of halogens is 3. The maximum Gasteiger partial charge on any atom is 0.149 e. The Bertz CT molecular complexity index is 980. The van der Waals surface area contributed by atoms with Gasteiger partial charge in [0.25, 0.3) is 0 Å². The minimum atomic E-state index is -0.781. The molecule has 1 aromatic heterocycles. The van der Waals surface area contributed by atoms with E-state index in [-0.39, 0.29) is 17.1 Å². The first-order chi connectivity index (χ1) is 11.5. The van der Waals surface area contributed by atoms with E-state index in [0.717, 1.165) is 6.07 Å². The molecule has 0 bridgehead atoms. The lowest BCUT2D eigenvalue weighted by atomic mass is 10.1. The lowest BCUT2D eigenvalue weighted by Crippen LogP contribution is -2.06. The smallest absolute Gasteiger partial charge is 0.149 e. The predicted molar refractivity (Wildman–Crippen MR) is 89.9 cm³/mol. The van der Waals surface area contributed by atoms with Crippen LogP contribution in [0, 0.1) is 29.9 Å². The van der Waals surface area contributed by atoms with Gasteiger partial charge in [0.15, 0.2) is 0 Å². The average molecular weight is 344 g/mol. The molecule has 0 aliphatic carbocycles. The Morgan fingerprint density at radius 1 is 1.25 bits per heavy atom. The second kappa shape index (κ2) is 6.42. The van der Waals surface area contributed by atoms with Crippen molar-refractivity contribution in [2.45, 2.75) is 13.5 Å². The van der Waals surface area contributed by atoms with Crippen LogP contribution in [-0.4, -0.2) is 4.98 Å². The minimum Gasteiger partial charge on any atom is -0.380 e. The fourth-order valence-corrected chi connectivity index (χ4v) is 2.70. The van der Waals surface area contributed by atoms with E-state index < -0.39 is 11.6 Å². The van der Waals surface area contributed by atoms with E-state index in [0.29, 0.717) is 27.8 Å². The molecule has 0 spiro atoms. The molecule has 0 amide bonds. The molecule has 0 fully saturated rings. The molecule has 0 saturated heterocycles. The first kappa shape index (κ1) is 16.2. The normalized spacial score (nSPS) is 10.6. The van der Waals surface area contributed by atoms with Crippen LogP contribution in [-0.2, 0) is 6.54 Å². The molecular weight excluding hydrogens is 332 g/mol. The van der Waals surface area contributed by atoms with Gasteiger partial charge in [-0.05, 0) is 31.2 Å². The monoisotopic (exact) mass is 343 g/mol. The second-order valence-electron chi connectivity index (χ2n) is 5.30. The summed E-state index contributed by atoms with van der Waals surface area (Å²) < 4.78 is 27.9. The number of aryl methyl sites for hydroxylation is 1. The molecule has 3 aromatic rings. The van der Waals surface area contributed by atoms with Gasteiger partial charge in [-0.3, -0.25) is 4.98 Å². The van der Waals surface area contributed by atoms with Crippen LogP contribution in [0.15, 0.2) is 36.4 Å². The summed E-state index contributed by atoms with van der Waals surface area (Å²) in [6.07, 6.45) is 0. The van der Waals surface area contributed by atoms with Crippen molar-refractivity contribution in [1.82, 2.24) is 4.98 Å². The zero-order valence-corrected chi connectivity index (χ0v) is 13.5. The number of nitrogens with zero attached hydrogens (tertiary/aromatic N) is 2. The number of benzene rings is 2. The lowest BCUT2D eigenvalue weighted by Gasteiger charge is -2.13. The number of nitriles is 1. The molecule has 0 aliphatic rings. The van der Waals surface area contributed by atoms with E-state index in [4.69, 9.17) is 11.6 Å². The third kappa shape index (κ3) is 2.89. The summed E-state index contributed by atoms with van der Waals surface area (Å²) in [7, 11) is 0. The highest BCUT2D eigenvalue weighted by Crippen LogP contribution is 2.27. The highest BCUT2D eigenvalue weighted by molar-refractivity contribution is 6.30. The molecule has 1 N–H and O–H groups in total. The summed E-state index contributed by atoms with van der Waals surface area (Å²) in [6, 6.07) is 11.4. The highest BCUT2D eigenvalue weighted by Gasteiger charge is 2.14. The first-order valence-corrected chi connectivity index (χ1v) is 7.55. The number of aromatic nitrogens is 1. The van der Waals surface area contributed by atoms with Gasteiger partial charge in [0.2, 0.25) is 0 Å². The van der Waals surface area contributed by atoms with Gasteiger partial charge in [-0.1, -0.05) is 23.7 Å². The third-order valence-electron chi connectivity index (χ3n) is 3.68. The van der Waals surface area contributed by atoms with E-state index in [1.165, 1.54) is 6.07 Å². The molecular formula is C18H12ClF2N3. The zero-order chi connectivity index (χ0) is 17.3. The molecule has 0 radical (unpaired) electrons. The molecule has 1 heterocycles. The van der Waals surface area contributed by atoms with Crippen molar-refractivity contribution in [2.24, 2.45) is 0 Å². The van der Waals surface area contributed by atoms with Gasteiger partial charge in [0.05, 0.1) is 16.1 Å². The third-order valence-corrected chi connectivity index (χ3v) is 3.97. The van der Waals surface area contributed by atoms with E-state index in [1.54, 1.807) is 31.2 Å². The van der Waals surface area contributed by atoms with Gasteiger partial charge in [-0.25, -0.2) is 8.78 Å². The van der Waals surface area contributed by atoms with E-state index in [1.807, 2.05) is 0 Å². The number of pyridine rings is 1. The van der Waals surface area contributed by atoms with E-state index in [9.17, 15) is 14.0 Å². The predicted octanol–water partition coefficient (Wildman–Crippen LogP) is 4.96. The number of para-hydroxylation sites is 1. The number of nitrogens with one attached hydrogen (secondary N) is 1. The van der Waals surface area contributed by atoms with E-state index >= 15 is 0 Å². The number of anilines is 1. The van der Waals surface area contributed by atoms with E-state index in [2.05, 4.69) is 16.4 Å². The molecule has 0 unspecified atom stereocenters. The van der Waals surface area contributed by atoms with Crippen LogP contribution in [0.1, 0.15) is 16.8 Å².